The van der Waals surface area contributed by atoms with Crippen LogP contribution in [0.15, 0.2) is 36.7 Å². The summed E-state index contributed by atoms with van der Waals surface area (Å²) in [6.07, 6.45) is 12.1. The van der Waals surface area contributed by atoms with Gasteiger partial charge in [0.15, 0.2) is 0 Å². The number of carbonyl (C=O) groups excluding carboxylic acids is 1. The number of hydrogen-bond acceptors (Lipinski definition) is 5. The van der Waals surface area contributed by atoms with Crippen LogP contribution >= 0.6 is 0 Å². The standard InChI is InChI=1S/C27H32N6O/c1-19-24(26(34)32-15-13-31(14-16-32)22-10-3-4-11-22)18-29-33(19)27-28-17-21-9-6-8-20-7-2-5-12-23(20)25(21)30-27/h2,5,7,12,17-18,22H,3-4,6,8-11,13-16H2,1H3. The van der Waals surface area contributed by atoms with Crippen LogP contribution in [0.2, 0.25) is 0 Å². The number of aromatic nitrogens is 4. The number of piperazine rings is 1. The van der Waals surface area contributed by atoms with Crippen LogP contribution in [0.4, 0.5) is 0 Å². The van der Waals surface area contributed by atoms with Crippen LogP contribution in [0.5, 0.6) is 0 Å². The van der Waals surface area contributed by atoms with Crippen LogP contribution in [0.3, 0.4) is 0 Å². The third kappa shape index (κ3) is 3.82. The van der Waals surface area contributed by atoms with Crippen molar-refractivity contribution >= 4 is 5.91 Å². The number of benzene rings is 1. The quantitative estimate of drug-likeness (QED) is 0.599. The Hall–Kier alpha value is -3.06. The van der Waals surface area contributed by atoms with Gasteiger partial charge < -0.3 is 4.90 Å². The summed E-state index contributed by atoms with van der Waals surface area (Å²) >= 11 is 0. The first-order chi connectivity index (χ1) is 16.7. The molecule has 0 N–H and O–H groups in total. The van der Waals surface area contributed by atoms with Gasteiger partial charge in [-0.3, -0.25) is 9.69 Å². The summed E-state index contributed by atoms with van der Waals surface area (Å²) in [6, 6.07) is 9.21. The Labute approximate surface area is 200 Å². The average Bonchev–Trinajstić information content (AvgIpc) is 3.51. The van der Waals surface area contributed by atoms with Crippen molar-refractivity contribution < 1.29 is 4.79 Å². The highest BCUT2D eigenvalue weighted by Gasteiger charge is 2.30. The molecule has 0 radical (unpaired) electrons. The first-order valence-electron chi connectivity index (χ1n) is 12.7. The smallest absolute Gasteiger partial charge is 0.257 e. The molecule has 1 saturated heterocycles. The number of amides is 1. The fourth-order valence-electron chi connectivity index (χ4n) is 5.91. The molecule has 2 fully saturated rings. The van der Waals surface area contributed by atoms with Crippen molar-refractivity contribution in [2.45, 2.75) is 57.9 Å². The zero-order valence-corrected chi connectivity index (χ0v) is 19.9. The van der Waals surface area contributed by atoms with E-state index in [2.05, 4.69) is 39.2 Å². The van der Waals surface area contributed by atoms with Crippen molar-refractivity contribution in [1.29, 1.82) is 0 Å². The van der Waals surface area contributed by atoms with Gasteiger partial charge in [-0.2, -0.15) is 5.10 Å². The maximum atomic E-state index is 13.3. The molecule has 1 amide bonds. The second kappa shape index (κ2) is 8.95. The summed E-state index contributed by atoms with van der Waals surface area (Å²) in [5, 5.41) is 4.54. The molecular weight excluding hydrogens is 424 g/mol. The van der Waals surface area contributed by atoms with E-state index in [9.17, 15) is 4.79 Å². The lowest BCUT2D eigenvalue weighted by atomic mass is 10.0. The minimum Gasteiger partial charge on any atom is -0.336 e. The van der Waals surface area contributed by atoms with Crippen molar-refractivity contribution in [3.63, 3.8) is 0 Å². The molecule has 3 heterocycles. The summed E-state index contributed by atoms with van der Waals surface area (Å²) < 4.78 is 1.72. The van der Waals surface area contributed by atoms with Gasteiger partial charge in [-0.25, -0.2) is 14.6 Å². The minimum atomic E-state index is 0.0647. The summed E-state index contributed by atoms with van der Waals surface area (Å²) in [4.78, 5) is 27.5. The highest BCUT2D eigenvalue weighted by molar-refractivity contribution is 5.95. The topological polar surface area (TPSA) is 67.2 Å². The van der Waals surface area contributed by atoms with Crippen molar-refractivity contribution in [2.24, 2.45) is 0 Å². The van der Waals surface area contributed by atoms with E-state index in [1.165, 1.54) is 42.4 Å². The van der Waals surface area contributed by atoms with Gasteiger partial charge in [-0.05, 0) is 50.2 Å². The number of fused-ring (bicyclic) bond motifs is 3. The van der Waals surface area contributed by atoms with E-state index in [0.29, 0.717) is 11.5 Å². The molecule has 0 unspecified atom stereocenters. The van der Waals surface area contributed by atoms with Gasteiger partial charge >= 0.3 is 0 Å². The first-order valence-corrected chi connectivity index (χ1v) is 12.7. The molecular formula is C27H32N6O. The van der Waals surface area contributed by atoms with Gasteiger partial charge in [-0.1, -0.05) is 37.1 Å². The summed E-state index contributed by atoms with van der Waals surface area (Å²) in [5.41, 5.74) is 6.12. The van der Waals surface area contributed by atoms with Gasteiger partial charge in [0.2, 0.25) is 0 Å². The molecule has 7 heteroatoms. The first kappa shape index (κ1) is 21.5. The molecule has 176 valence electrons. The lowest BCUT2D eigenvalue weighted by molar-refractivity contribution is 0.0572. The van der Waals surface area contributed by atoms with E-state index in [1.807, 2.05) is 18.0 Å². The average molecular weight is 457 g/mol. The van der Waals surface area contributed by atoms with Crippen LogP contribution in [0.1, 0.15) is 59.3 Å². The molecule has 3 aliphatic rings. The Balaban J connectivity index is 1.24. The van der Waals surface area contributed by atoms with Crippen LogP contribution in [-0.4, -0.2) is 67.7 Å². The molecule has 2 aliphatic carbocycles. The predicted molar refractivity (Wildman–Crippen MR) is 131 cm³/mol. The Kier molecular flexibility index (Phi) is 5.65. The normalized spacial score (nSPS) is 19.0. The van der Waals surface area contributed by atoms with Gasteiger partial charge in [0.05, 0.1) is 23.1 Å². The van der Waals surface area contributed by atoms with Crippen molar-refractivity contribution in [3.8, 4) is 17.2 Å². The molecule has 3 aromatic rings. The fraction of sp³-hybridized carbons (Fsp3) is 0.481. The molecule has 2 aromatic heterocycles. The van der Waals surface area contributed by atoms with Gasteiger partial charge in [0.25, 0.3) is 11.9 Å². The van der Waals surface area contributed by atoms with E-state index >= 15 is 0 Å². The van der Waals surface area contributed by atoms with E-state index in [1.54, 1.807) is 10.9 Å². The van der Waals surface area contributed by atoms with Crippen molar-refractivity contribution in [1.82, 2.24) is 29.5 Å². The molecule has 34 heavy (non-hydrogen) atoms. The van der Waals surface area contributed by atoms with Gasteiger partial charge in [-0.15, -0.1) is 0 Å². The van der Waals surface area contributed by atoms with E-state index < -0.39 is 0 Å². The lowest BCUT2D eigenvalue weighted by Gasteiger charge is -2.38. The third-order valence-corrected chi connectivity index (χ3v) is 7.89. The molecule has 7 nitrogen and oxygen atoms in total. The van der Waals surface area contributed by atoms with Crippen LogP contribution < -0.4 is 0 Å². The zero-order valence-electron chi connectivity index (χ0n) is 19.9. The van der Waals surface area contributed by atoms with Crippen LogP contribution in [-0.2, 0) is 12.8 Å². The highest BCUT2D eigenvalue weighted by Crippen LogP contribution is 2.31. The zero-order chi connectivity index (χ0) is 23.1. The second-order valence-electron chi connectivity index (χ2n) is 9.88. The third-order valence-electron chi connectivity index (χ3n) is 7.89. The second-order valence-corrected chi connectivity index (χ2v) is 9.88. The summed E-state index contributed by atoms with van der Waals surface area (Å²) in [5.74, 6) is 0.591. The van der Waals surface area contributed by atoms with Gasteiger partial charge in [0.1, 0.15) is 0 Å². The molecule has 0 atom stereocenters. The van der Waals surface area contributed by atoms with Crippen LogP contribution in [0, 0.1) is 6.92 Å². The van der Waals surface area contributed by atoms with E-state index in [4.69, 9.17) is 4.98 Å². The lowest BCUT2D eigenvalue weighted by Crippen LogP contribution is -2.51. The fourth-order valence-corrected chi connectivity index (χ4v) is 5.91. The van der Waals surface area contributed by atoms with Crippen molar-refractivity contribution in [3.05, 3.63) is 59.0 Å². The molecule has 1 aromatic carbocycles. The SMILES string of the molecule is Cc1c(C(=O)N2CCN(C3CCCC3)CC2)cnn1-c1ncc2c(n1)-c1ccccc1CCC2. The number of carbonyl (C=O) groups is 1. The number of rotatable bonds is 3. The van der Waals surface area contributed by atoms with Crippen LogP contribution in [0.25, 0.3) is 17.2 Å². The Morgan fingerprint density at radius 3 is 2.53 bits per heavy atom. The molecule has 1 aliphatic heterocycles. The monoisotopic (exact) mass is 456 g/mol. The predicted octanol–water partition coefficient (Wildman–Crippen LogP) is 3.83. The Morgan fingerprint density at radius 1 is 0.941 bits per heavy atom. The number of nitrogens with zero attached hydrogens (tertiary/aromatic N) is 6. The Bertz CT molecular complexity index is 1200. The maximum Gasteiger partial charge on any atom is 0.257 e. The number of hydrogen-bond donors (Lipinski definition) is 0. The molecule has 0 spiro atoms. The van der Waals surface area contributed by atoms with Gasteiger partial charge in [0, 0.05) is 44.0 Å². The Morgan fingerprint density at radius 2 is 1.71 bits per heavy atom. The number of aryl methyl sites for hydroxylation is 2. The molecule has 6 rings (SSSR count). The maximum absolute atomic E-state index is 13.3. The highest BCUT2D eigenvalue weighted by atomic mass is 16.2. The largest absolute Gasteiger partial charge is 0.336 e. The van der Waals surface area contributed by atoms with E-state index in [-0.39, 0.29) is 5.91 Å². The van der Waals surface area contributed by atoms with Crippen molar-refractivity contribution in [2.75, 3.05) is 26.2 Å². The summed E-state index contributed by atoms with van der Waals surface area (Å²) in [7, 11) is 0. The minimum absolute atomic E-state index is 0.0647. The molecule has 1 saturated carbocycles. The van der Waals surface area contributed by atoms with E-state index in [0.717, 1.165) is 62.9 Å². The molecule has 0 bridgehead atoms. The summed E-state index contributed by atoms with van der Waals surface area (Å²) in [6.45, 7) is 5.45.